The Morgan fingerprint density at radius 1 is 1.15 bits per heavy atom. The first kappa shape index (κ1) is 14.2. The Kier molecular flexibility index (Phi) is 4.11. The van der Waals surface area contributed by atoms with Crippen LogP contribution in [0, 0.1) is 23.0 Å². The zero-order valence-corrected chi connectivity index (χ0v) is 10.9. The van der Waals surface area contributed by atoms with Gasteiger partial charge in [0, 0.05) is 11.1 Å². The van der Waals surface area contributed by atoms with Crippen molar-refractivity contribution in [2.45, 2.75) is 5.92 Å². The van der Waals surface area contributed by atoms with Crippen molar-refractivity contribution in [2.75, 3.05) is 0 Å². The highest BCUT2D eigenvalue weighted by Gasteiger charge is 2.24. The van der Waals surface area contributed by atoms with Crippen molar-refractivity contribution in [3.8, 4) is 6.07 Å². The van der Waals surface area contributed by atoms with E-state index in [0.717, 1.165) is 12.1 Å². The number of ketones is 1. The van der Waals surface area contributed by atoms with E-state index < -0.39 is 23.3 Å². The molecule has 0 amide bonds. The van der Waals surface area contributed by atoms with E-state index in [1.54, 1.807) is 0 Å². The molecule has 0 saturated heterocycles. The molecule has 0 N–H and O–H groups in total. The number of hydrogen-bond acceptors (Lipinski definition) is 2. The molecule has 0 radical (unpaired) electrons. The minimum absolute atomic E-state index is 0.312. The molecule has 2 aromatic carbocycles. The molecule has 100 valence electrons. The second-order valence-corrected chi connectivity index (χ2v) is 4.54. The maximum atomic E-state index is 13.6. The van der Waals surface area contributed by atoms with Crippen molar-refractivity contribution in [3.05, 3.63) is 70.2 Å². The van der Waals surface area contributed by atoms with Gasteiger partial charge in [0.15, 0.2) is 5.78 Å². The SMILES string of the molecule is N#CC(C(=O)c1ccc(F)cc1F)c1ccc(Cl)cc1. The second kappa shape index (κ2) is 5.81. The highest BCUT2D eigenvalue weighted by Crippen LogP contribution is 2.23. The van der Waals surface area contributed by atoms with Gasteiger partial charge in [-0.1, -0.05) is 23.7 Å². The smallest absolute Gasteiger partial charge is 0.187 e. The minimum atomic E-state index is -1.16. The number of carbonyl (C=O) groups is 1. The van der Waals surface area contributed by atoms with Crippen molar-refractivity contribution in [1.82, 2.24) is 0 Å². The summed E-state index contributed by atoms with van der Waals surface area (Å²) in [5, 5.41) is 9.59. The molecule has 0 fully saturated rings. The molecule has 0 aliphatic carbocycles. The highest BCUT2D eigenvalue weighted by atomic mass is 35.5. The molecule has 2 nitrogen and oxygen atoms in total. The maximum Gasteiger partial charge on any atom is 0.187 e. The maximum absolute atomic E-state index is 13.6. The van der Waals surface area contributed by atoms with Gasteiger partial charge in [-0.25, -0.2) is 8.78 Å². The lowest BCUT2D eigenvalue weighted by Crippen LogP contribution is -2.13. The topological polar surface area (TPSA) is 40.9 Å². The molecular weight excluding hydrogens is 284 g/mol. The Labute approximate surface area is 119 Å². The summed E-state index contributed by atoms with van der Waals surface area (Å²) in [4.78, 5) is 12.2. The second-order valence-electron chi connectivity index (χ2n) is 4.10. The molecule has 0 saturated carbocycles. The van der Waals surface area contributed by atoms with Crippen molar-refractivity contribution in [1.29, 1.82) is 5.26 Å². The van der Waals surface area contributed by atoms with Gasteiger partial charge < -0.3 is 0 Å². The van der Waals surface area contributed by atoms with E-state index in [0.29, 0.717) is 16.7 Å². The average molecular weight is 292 g/mol. The van der Waals surface area contributed by atoms with Crippen LogP contribution in [0.4, 0.5) is 8.78 Å². The Morgan fingerprint density at radius 3 is 2.35 bits per heavy atom. The predicted molar refractivity (Wildman–Crippen MR) is 70.5 cm³/mol. The lowest BCUT2D eigenvalue weighted by atomic mass is 9.91. The monoisotopic (exact) mass is 291 g/mol. The van der Waals surface area contributed by atoms with Gasteiger partial charge in [0.05, 0.1) is 11.6 Å². The number of nitriles is 1. The number of Topliss-reactive ketones (excluding diaryl/α,β-unsaturated/α-hetero) is 1. The molecule has 2 rings (SSSR count). The number of hydrogen-bond donors (Lipinski definition) is 0. The highest BCUT2D eigenvalue weighted by molar-refractivity contribution is 6.30. The molecule has 0 spiro atoms. The summed E-state index contributed by atoms with van der Waals surface area (Å²) in [6.45, 7) is 0. The molecule has 2 aromatic rings. The Hall–Kier alpha value is -2.25. The molecular formula is C15H8ClF2NO. The molecule has 0 aliphatic heterocycles. The first-order valence-electron chi connectivity index (χ1n) is 5.67. The van der Waals surface area contributed by atoms with E-state index in [2.05, 4.69) is 0 Å². The van der Waals surface area contributed by atoms with Crippen LogP contribution >= 0.6 is 11.6 Å². The zero-order chi connectivity index (χ0) is 14.7. The van der Waals surface area contributed by atoms with E-state index in [-0.39, 0.29) is 5.56 Å². The van der Waals surface area contributed by atoms with Crippen LogP contribution in [-0.2, 0) is 0 Å². The van der Waals surface area contributed by atoms with Gasteiger partial charge in [-0.2, -0.15) is 5.26 Å². The van der Waals surface area contributed by atoms with Gasteiger partial charge in [0.1, 0.15) is 17.6 Å². The number of halogens is 3. The molecule has 1 atom stereocenters. The third-order valence-corrected chi connectivity index (χ3v) is 3.04. The first-order valence-corrected chi connectivity index (χ1v) is 6.05. The number of benzene rings is 2. The van der Waals surface area contributed by atoms with Gasteiger partial charge >= 0.3 is 0 Å². The predicted octanol–water partition coefficient (Wildman–Crippen LogP) is 4.11. The Balaban J connectivity index is 2.39. The summed E-state index contributed by atoms with van der Waals surface area (Å²) in [6, 6.07) is 10.6. The van der Waals surface area contributed by atoms with Crippen LogP contribution in [0.5, 0.6) is 0 Å². The fraction of sp³-hybridized carbons (Fsp3) is 0.0667. The van der Waals surface area contributed by atoms with Crippen LogP contribution in [-0.4, -0.2) is 5.78 Å². The van der Waals surface area contributed by atoms with Crippen molar-refractivity contribution in [3.63, 3.8) is 0 Å². The molecule has 1 unspecified atom stereocenters. The van der Waals surface area contributed by atoms with Crippen LogP contribution in [0.15, 0.2) is 42.5 Å². The summed E-state index contributed by atoms with van der Waals surface area (Å²) in [7, 11) is 0. The van der Waals surface area contributed by atoms with Crippen molar-refractivity contribution >= 4 is 17.4 Å². The van der Waals surface area contributed by atoms with Crippen LogP contribution in [0.2, 0.25) is 5.02 Å². The van der Waals surface area contributed by atoms with E-state index in [4.69, 9.17) is 16.9 Å². The number of nitrogens with zero attached hydrogens (tertiary/aromatic N) is 1. The minimum Gasteiger partial charge on any atom is -0.292 e. The summed E-state index contributed by atoms with van der Waals surface area (Å²) in [5.41, 5.74) is 0.0959. The Morgan fingerprint density at radius 2 is 1.80 bits per heavy atom. The normalized spacial score (nSPS) is 11.7. The van der Waals surface area contributed by atoms with Crippen LogP contribution < -0.4 is 0 Å². The third kappa shape index (κ3) is 2.84. The largest absolute Gasteiger partial charge is 0.292 e. The summed E-state index contributed by atoms with van der Waals surface area (Å²) < 4.78 is 26.4. The summed E-state index contributed by atoms with van der Waals surface area (Å²) >= 11 is 5.73. The molecule has 0 heterocycles. The number of rotatable bonds is 3. The van der Waals surface area contributed by atoms with Gasteiger partial charge in [-0.15, -0.1) is 0 Å². The molecule has 5 heteroatoms. The zero-order valence-electron chi connectivity index (χ0n) is 10.1. The van der Waals surface area contributed by atoms with Crippen molar-refractivity contribution in [2.24, 2.45) is 0 Å². The summed E-state index contributed by atoms with van der Waals surface area (Å²) in [6.07, 6.45) is 0. The van der Waals surface area contributed by atoms with E-state index in [1.807, 2.05) is 6.07 Å². The van der Waals surface area contributed by atoms with Gasteiger partial charge in [-0.3, -0.25) is 4.79 Å². The van der Waals surface area contributed by atoms with E-state index in [9.17, 15) is 13.6 Å². The third-order valence-electron chi connectivity index (χ3n) is 2.79. The first-order chi connectivity index (χ1) is 9.52. The van der Waals surface area contributed by atoms with Crippen LogP contribution in [0.1, 0.15) is 21.8 Å². The lowest BCUT2D eigenvalue weighted by molar-refractivity contribution is 0.0975. The average Bonchev–Trinajstić information content (AvgIpc) is 2.41. The molecule has 0 bridgehead atoms. The fourth-order valence-electron chi connectivity index (χ4n) is 1.78. The number of carbonyl (C=O) groups excluding carboxylic acids is 1. The van der Waals surface area contributed by atoms with E-state index in [1.165, 1.54) is 24.3 Å². The van der Waals surface area contributed by atoms with Crippen LogP contribution in [0.3, 0.4) is 0 Å². The lowest BCUT2D eigenvalue weighted by Gasteiger charge is -2.09. The molecule has 0 aromatic heterocycles. The van der Waals surface area contributed by atoms with Gasteiger partial charge in [-0.05, 0) is 29.8 Å². The van der Waals surface area contributed by atoms with Gasteiger partial charge in [0.2, 0.25) is 0 Å². The summed E-state index contributed by atoms with van der Waals surface area (Å²) in [5.74, 6) is -3.64. The quantitative estimate of drug-likeness (QED) is 0.799. The van der Waals surface area contributed by atoms with Crippen LogP contribution in [0.25, 0.3) is 0 Å². The Bertz CT molecular complexity index is 692. The standard InChI is InChI=1S/C15H8ClF2NO/c16-10-3-1-9(2-4-10)13(8-19)15(20)12-6-5-11(17)7-14(12)18/h1-7,13H. The van der Waals surface area contributed by atoms with Gasteiger partial charge in [0.25, 0.3) is 0 Å². The fourth-order valence-corrected chi connectivity index (χ4v) is 1.91. The molecule has 0 aliphatic rings. The van der Waals surface area contributed by atoms with Crippen molar-refractivity contribution < 1.29 is 13.6 Å². The van der Waals surface area contributed by atoms with E-state index >= 15 is 0 Å². The molecule has 20 heavy (non-hydrogen) atoms.